The molecule has 1 N–H and O–H groups in total. The van der Waals surface area contributed by atoms with Crippen LogP contribution in [0.5, 0.6) is 0 Å². The van der Waals surface area contributed by atoms with Gasteiger partial charge >= 0.3 is 0 Å². The predicted octanol–water partition coefficient (Wildman–Crippen LogP) is 2.21. The summed E-state index contributed by atoms with van der Waals surface area (Å²) in [4.78, 5) is 0. The Labute approximate surface area is 75.0 Å². The molecule has 12 heavy (non-hydrogen) atoms. The maximum absolute atomic E-state index is 8.50. The Balaban J connectivity index is 2.34. The molecule has 0 aromatic rings. The van der Waals surface area contributed by atoms with Crippen molar-refractivity contribution in [3.63, 3.8) is 0 Å². The zero-order valence-corrected chi connectivity index (χ0v) is 8.06. The lowest BCUT2D eigenvalue weighted by Crippen LogP contribution is -2.44. The first kappa shape index (κ1) is 9.54. The molecule has 0 aromatic carbocycles. The van der Waals surface area contributed by atoms with Crippen molar-refractivity contribution in [2.45, 2.75) is 57.5 Å². The second-order valence-corrected chi connectivity index (χ2v) is 4.18. The molecule has 0 spiro atoms. The summed E-state index contributed by atoms with van der Waals surface area (Å²) in [5.74, 6) is 0. The molecule has 1 fully saturated rings. The topological polar surface area (TPSA) is 35.8 Å². The summed E-state index contributed by atoms with van der Waals surface area (Å²) >= 11 is 0. The number of nitriles is 1. The summed E-state index contributed by atoms with van der Waals surface area (Å²) in [7, 11) is 0. The van der Waals surface area contributed by atoms with Crippen LogP contribution in [-0.4, -0.2) is 11.6 Å². The van der Waals surface area contributed by atoms with Crippen LogP contribution in [0, 0.1) is 11.3 Å². The van der Waals surface area contributed by atoms with Gasteiger partial charge in [-0.3, -0.25) is 0 Å². The van der Waals surface area contributed by atoms with Crippen molar-refractivity contribution < 1.29 is 0 Å². The van der Waals surface area contributed by atoms with E-state index >= 15 is 0 Å². The van der Waals surface area contributed by atoms with Crippen molar-refractivity contribution in [2.75, 3.05) is 0 Å². The Morgan fingerprint density at radius 2 is 2.08 bits per heavy atom. The minimum Gasteiger partial charge on any atom is -0.308 e. The van der Waals surface area contributed by atoms with Crippen molar-refractivity contribution in [3.8, 4) is 6.07 Å². The Bertz CT molecular complexity index is 175. The van der Waals surface area contributed by atoms with E-state index < -0.39 is 0 Å². The average Bonchev–Trinajstić information content (AvgIpc) is 2.36. The summed E-state index contributed by atoms with van der Waals surface area (Å²) in [5.41, 5.74) is 0.316. The van der Waals surface area contributed by atoms with E-state index in [1.54, 1.807) is 0 Å². The molecule has 0 aliphatic heterocycles. The third-order valence-electron chi connectivity index (χ3n) is 2.70. The zero-order chi connectivity index (χ0) is 9.03. The first-order valence-electron chi connectivity index (χ1n) is 4.81. The van der Waals surface area contributed by atoms with Crippen LogP contribution < -0.4 is 5.32 Å². The largest absolute Gasteiger partial charge is 0.308 e. The molecular weight excluding hydrogens is 148 g/mol. The lowest BCUT2D eigenvalue weighted by Gasteiger charge is -2.28. The summed E-state index contributed by atoms with van der Waals surface area (Å²) in [5, 5.41) is 12.0. The van der Waals surface area contributed by atoms with Crippen LogP contribution in [0.2, 0.25) is 0 Å². The van der Waals surface area contributed by atoms with Gasteiger partial charge in [0.25, 0.3) is 0 Å². The van der Waals surface area contributed by atoms with Gasteiger partial charge in [-0.25, -0.2) is 0 Å². The van der Waals surface area contributed by atoms with Gasteiger partial charge < -0.3 is 5.32 Å². The lowest BCUT2D eigenvalue weighted by atomic mass is 9.99. The van der Waals surface area contributed by atoms with Crippen LogP contribution in [-0.2, 0) is 0 Å². The van der Waals surface area contributed by atoms with Gasteiger partial charge in [0.05, 0.1) is 12.5 Å². The van der Waals surface area contributed by atoms with Gasteiger partial charge in [-0.15, -0.1) is 0 Å². The van der Waals surface area contributed by atoms with Gasteiger partial charge in [0.2, 0.25) is 0 Å². The van der Waals surface area contributed by atoms with E-state index in [1.165, 1.54) is 25.7 Å². The van der Waals surface area contributed by atoms with Crippen LogP contribution in [0.1, 0.15) is 46.0 Å². The van der Waals surface area contributed by atoms with Gasteiger partial charge in [-0.05, 0) is 26.7 Å². The normalized spacial score (nSPS) is 23.4. The number of hydrogen-bond acceptors (Lipinski definition) is 2. The highest BCUT2D eigenvalue weighted by Gasteiger charge is 2.29. The predicted molar refractivity (Wildman–Crippen MR) is 49.7 cm³/mol. The molecule has 0 aromatic heterocycles. The number of nitrogens with zero attached hydrogens (tertiary/aromatic N) is 1. The van der Waals surface area contributed by atoms with Gasteiger partial charge in [0.1, 0.15) is 0 Å². The smallest absolute Gasteiger partial charge is 0.0638 e. The lowest BCUT2D eigenvalue weighted by molar-refractivity contribution is 0.326. The van der Waals surface area contributed by atoms with Crippen molar-refractivity contribution in [1.29, 1.82) is 5.26 Å². The molecule has 0 saturated heterocycles. The summed E-state index contributed by atoms with van der Waals surface area (Å²) < 4.78 is 0. The minimum atomic E-state index is 0.316. The molecule has 0 bridgehead atoms. The second kappa shape index (κ2) is 3.91. The van der Waals surface area contributed by atoms with E-state index in [2.05, 4.69) is 25.2 Å². The van der Waals surface area contributed by atoms with Crippen molar-refractivity contribution in [3.05, 3.63) is 0 Å². The second-order valence-electron chi connectivity index (χ2n) is 4.18. The molecule has 2 heteroatoms. The fourth-order valence-electron chi connectivity index (χ4n) is 2.08. The zero-order valence-electron chi connectivity index (χ0n) is 8.06. The Hall–Kier alpha value is -0.550. The van der Waals surface area contributed by atoms with Gasteiger partial charge in [-0.2, -0.15) is 5.26 Å². The van der Waals surface area contributed by atoms with Crippen LogP contribution in [0.15, 0.2) is 0 Å². The summed E-state index contributed by atoms with van der Waals surface area (Å²) in [6.45, 7) is 4.36. The first-order chi connectivity index (χ1) is 5.66. The fraction of sp³-hybridized carbons (Fsp3) is 0.900. The molecule has 2 nitrogen and oxygen atoms in total. The highest BCUT2D eigenvalue weighted by atomic mass is 15.0. The molecule has 1 aliphatic carbocycles. The fourth-order valence-corrected chi connectivity index (χ4v) is 2.08. The highest BCUT2D eigenvalue weighted by molar-refractivity contribution is 4.91. The van der Waals surface area contributed by atoms with Gasteiger partial charge in [0, 0.05) is 11.6 Å². The Kier molecular flexibility index (Phi) is 3.11. The van der Waals surface area contributed by atoms with Gasteiger partial charge in [0.15, 0.2) is 0 Å². The third kappa shape index (κ3) is 2.49. The molecule has 1 atom stereocenters. The van der Waals surface area contributed by atoms with Crippen LogP contribution in [0.3, 0.4) is 0 Å². The van der Waals surface area contributed by atoms with E-state index in [9.17, 15) is 0 Å². The van der Waals surface area contributed by atoms with Crippen LogP contribution in [0.4, 0.5) is 0 Å². The third-order valence-corrected chi connectivity index (χ3v) is 2.70. The molecule has 1 aliphatic rings. The summed E-state index contributed by atoms with van der Waals surface area (Å²) in [6.07, 6.45) is 5.83. The van der Waals surface area contributed by atoms with E-state index in [-0.39, 0.29) is 0 Å². The highest BCUT2D eigenvalue weighted by Crippen LogP contribution is 2.29. The number of nitrogens with one attached hydrogen (secondary N) is 1. The molecule has 0 radical (unpaired) electrons. The maximum atomic E-state index is 8.50. The molecule has 1 rings (SSSR count). The molecule has 1 saturated carbocycles. The quantitative estimate of drug-likeness (QED) is 0.697. The molecule has 1 unspecified atom stereocenters. The average molecular weight is 166 g/mol. The molecular formula is C10H18N2. The molecule has 0 amide bonds. The maximum Gasteiger partial charge on any atom is 0.0638 e. The van der Waals surface area contributed by atoms with Crippen molar-refractivity contribution >= 4 is 0 Å². The van der Waals surface area contributed by atoms with Crippen molar-refractivity contribution in [2.24, 2.45) is 0 Å². The van der Waals surface area contributed by atoms with E-state index in [1.807, 2.05) is 0 Å². The molecule has 68 valence electrons. The first-order valence-corrected chi connectivity index (χ1v) is 4.81. The Morgan fingerprint density at radius 3 is 2.58 bits per heavy atom. The molecule has 0 heterocycles. The van der Waals surface area contributed by atoms with E-state index in [0.717, 1.165) is 0 Å². The van der Waals surface area contributed by atoms with Crippen LogP contribution >= 0.6 is 0 Å². The minimum absolute atomic E-state index is 0.316. The van der Waals surface area contributed by atoms with E-state index in [4.69, 9.17) is 5.26 Å². The Morgan fingerprint density at radius 1 is 1.50 bits per heavy atom. The van der Waals surface area contributed by atoms with Crippen LogP contribution in [0.25, 0.3) is 0 Å². The summed E-state index contributed by atoms with van der Waals surface area (Å²) in [6, 6.07) is 2.54. The monoisotopic (exact) mass is 166 g/mol. The number of hydrogen-bond donors (Lipinski definition) is 1. The van der Waals surface area contributed by atoms with Crippen molar-refractivity contribution in [1.82, 2.24) is 5.32 Å². The number of rotatable bonds is 3. The standard InChI is InChI=1S/C10H18N2/c1-9(5-8-11)12-10(2)6-3-4-7-10/h9,12H,3-7H2,1-2H3. The SMILES string of the molecule is CC(CC#N)NC1(C)CCCC1. The van der Waals surface area contributed by atoms with E-state index in [0.29, 0.717) is 18.0 Å². The van der Waals surface area contributed by atoms with Gasteiger partial charge in [-0.1, -0.05) is 12.8 Å².